The number of nitro groups is 1. The summed E-state index contributed by atoms with van der Waals surface area (Å²) >= 11 is 1.24. The number of aryl methyl sites for hydroxylation is 1. The lowest BCUT2D eigenvalue weighted by molar-refractivity contribution is -0.384. The second-order valence-corrected chi connectivity index (χ2v) is 6.56. The minimum absolute atomic E-state index is 0.00682. The highest BCUT2D eigenvalue weighted by Crippen LogP contribution is 2.23. The molecule has 0 N–H and O–H groups in total. The Hall–Kier alpha value is -3.31. The van der Waals surface area contributed by atoms with Crippen LogP contribution in [0.1, 0.15) is 29.3 Å². The Labute approximate surface area is 152 Å². The molecular formula is C18H14N4O3S. The van der Waals surface area contributed by atoms with Crippen molar-refractivity contribution >= 4 is 33.1 Å². The molecule has 7 nitrogen and oxygen atoms in total. The fourth-order valence-electron chi connectivity index (χ4n) is 2.54. The molecule has 0 saturated carbocycles. The van der Waals surface area contributed by atoms with Crippen molar-refractivity contribution in [3.8, 4) is 6.07 Å². The zero-order valence-electron chi connectivity index (χ0n) is 13.9. The summed E-state index contributed by atoms with van der Waals surface area (Å²) in [6, 6.07) is 12.9. The van der Waals surface area contributed by atoms with Crippen molar-refractivity contribution in [2.45, 2.75) is 19.9 Å². The van der Waals surface area contributed by atoms with Gasteiger partial charge in [0, 0.05) is 24.2 Å². The monoisotopic (exact) mass is 366 g/mol. The van der Waals surface area contributed by atoms with E-state index in [-0.39, 0.29) is 5.69 Å². The van der Waals surface area contributed by atoms with E-state index >= 15 is 0 Å². The van der Waals surface area contributed by atoms with Crippen molar-refractivity contribution in [1.29, 1.82) is 5.26 Å². The molecular weight excluding hydrogens is 352 g/mol. The maximum absolute atomic E-state index is 12.5. The molecule has 130 valence electrons. The largest absolute Gasteiger partial charge is 0.316 e. The number of aromatic nitrogens is 1. The first-order valence-corrected chi connectivity index (χ1v) is 8.72. The molecule has 3 aromatic rings. The number of nitrogens with zero attached hydrogens (tertiary/aromatic N) is 4. The number of carbonyl (C=O) groups excluding carboxylic acids is 1. The van der Waals surface area contributed by atoms with Gasteiger partial charge >= 0.3 is 0 Å². The van der Waals surface area contributed by atoms with E-state index in [9.17, 15) is 14.9 Å². The summed E-state index contributed by atoms with van der Waals surface area (Å²) in [6.45, 7) is 2.66. The Morgan fingerprint density at radius 2 is 2.04 bits per heavy atom. The lowest BCUT2D eigenvalue weighted by Gasteiger charge is -2.02. The van der Waals surface area contributed by atoms with Gasteiger partial charge in [-0.1, -0.05) is 18.3 Å². The van der Waals surface area contributed by atoms with Gasteiger partial charge in [-0.05, 0) is 36.8 Å². The molecule has 0 spiro atoms. The van der Waals surface area contributed by atoms with Crippen LogP contribution in [0, 0.1) is 21.4 Å². The number of rotatable bonds is 4. The summed E-state index contributed by atoms with van der Waals surface area (Å²) in [4.78, 5) is 27.7. The van der Waals surface area contributed by atoms with Crippen LogP contribution in [0.5, 0.6) is 0 Å². The molecule has 0 aliphatic carbocycles. The van der Waals surface area contributed by atoms with Gasteiger partial charge in [0.05, 0.1) is 26.8 Å². The Bertz CT molecular complexity index is 1100. The van der Waals surface area contributed by atoms with Crippen LogP contribution in [0.3, 0.4) is 0 Å². The summed E-state index contributed by atoms with van der Waals surface area (Å²) in [6.07, 6.45) is 0.834. The van der Waals surface area contributed by atoms with Crippen molar-refractivity contribution in [3.63, 3.8) is 0 Å². The number of nitriles is 1. The fourth-order valence-corrected chi connectivity index (χ4v) is 3.63. The normalized spacial score (nSPS) is 11.5. The average molecular weight is 366 g/mol. The van der Waals surface area contributed by atoms with Crippen LogP contribution >= 0.6 is 11.3 Å². The van der Waals surface area contributed by atoms with Gasteiger partial charge in [0.15, 0.2) is 4.80 Å². The van der Waals surface area contributed by atoms with Gasteiger partial charge in [-0.3, -0.25) is 14.9 Å². The van der Waals surface area contributed by atoms with E-state index in [1.165, 1.54) is 23.5 Å². The molecule has 2 aromatic carbocycles. The van der Waals surface area contributed by atoms with Gasteiger partial charge in [-0.15, -0.1) is 0 Å². The molecule has 0 radical (unpaired) electrons. The van der Waals surface area contributed by atoms with Crippen molar-refractivity contribution in [1.82, 2.24) is 4.57 Å². The quantitative estimate of drug-likeness (QED) is 0.519. The molecule has 0 bridgehead atoms. The molecule has 0 atom stereocenters. The van der Waals surface area contributed by atoms with Crippen LogP contribution in [0.2, 0.25) is 0 Å². The third-order valence-electron chi connectivity index (χ3n) is 3.78. The van der Waals surface area contributed by atoms with E-state index < -0.39 is 10.8 Å². The van der Waals surface area contributed by atoms with Gasteiger partial charge in [0.2, 0.25) is 0 Å². The molecule has 3 rings (SSSR count). The van der Waals surface area contributed by atoms with Crippen molar-refractivity contribution in [2.75, 3.05) is 0 Å². The highest BCUT2D eigenvalue weighted by atomic mass is 32.1. The molecule has 26 heavy (non-hydrogen) atoms. The first-order valence-electron chi connectivity index (χ1n) is 7.90. The van der Waals surface area contributed by atoms with E-state index in [4.69, 9.17) is 5.26 Å². The third kappa shape index (κ3) is 3.38. The van der Waals surface area contributed by atoms with Crippen LogP contribution in [0.25, 0.3) is 10.2 Å². The number of benzene rings is 2. The van der Waals surface area contributed by atoms with E-state index in [1.807, 2.05) is 17.6 Å². The van der Waals surface area contributed by atoms with Crippen molar-refractivity contribution in [2.24, 2.45) is 4.99 Å². The summed E-state index contributed by atoms with van der Waals surface area (Å²) in [5.74, 6) is -0.416. The highest BCUT2D eigenvalue weighted by Gasteiger charge is 2.13. The second-order valence-electron chi connectivity index (χ2n) is 5.55. The zero-order valence-corrected chi connectivity index (χ0v) is 14.7. The fraction of sp³-hybridized carbons (Fsp3) is 0.167. The van der Waals surface area contributed by atoms with Crippen LogP contribution in [-0.2, 0) is 6.54 Å². The van der Waals surface area contributed by atoms with Gasteiger partial charge in [0.1, 0.15) is 0 Å². The molecule has 0 fully saturated rings. The predicted octanol–water partition coefficient (Wildman–Crippen LogP) is 3.63. The minimum atomic E-state index is -0.442. The number of carbonyl (C=O) groups is 1. The van der Waals surface area contributed by atoms with Crippen LogP contribution in [-0.4, -0.2) is 15.4 Å². The van der Waals surface area contributed by atoms with Crippen LogP contribution in [0.4, 0.5) is 5.69 Å². The van der Waals surface area contributed by atoms with Gasteiger partial charge in [-0.2, -0.15) is 10.3 Å². The zero-order chi connectivity index (χ0) is 18.7. The Morgan fingerprint density at radius 3 is 2.65 bits per heavy atom. The van der Waals surface area contributed by atoms with E-state index in [2.05, 4.69) is 4.99 Å². The number of thiazole rings is 1. The second kappa shape index (κ2) is 7.29. The molecule has 0 aliphatic heterocycles. The number of nitro benzene ring substituents is 1. The summed E-state index contributed by atoms with van der Waals surface area (Å²) in [5.41, 5.74) is 1.67. The molecule has 0 saturated heterocycles. The predicted molar refractivity (Wildman–Crippen MR) is 97.8 cm³/mol. The highest BCUT2D eigenvalue weighted by molar-refractivity contribution is 7.16. The molecule has 0 unspecified atom stereocenters. The number of fused-ring (bicyclic) bond motifs is 1. The molecule has 0 aliphatic rings. The minimum Gasteiger partial charge on any atom is -0.316 e. The Kier molecular flexibility index (Phi) is 4.91. The standard InChI is InChI=1S/C18H14N4O3S/c1-2-9-21-15-8-7-14(22(24)25)10-16(15)26-18(21)20-17(23)13-5-3-12(11-19)4-6-13/h3-8,10H,2,9H2,1H3. The van der Waals surface area contributed by atoms with Gasteiger partial charge in [-0.25, -0.2) is 0 Å². The Balaban J connectivity index is 2.10. The summed E-state index contributed by atoms with van der Waals surface area (Å²) in [5, 5.41) is 19.8. The van der Waals surface area contributed by atoms with Crippen LogP contribution in [0.15, 0.2) is 47.5 Å². The SMILES string of the molecule is CCCn1c(=NC(=O)c2ccc(C#N)cc2)sc2cc([N+](=O)[O-])ccc21. The molecule has 8 heteroatoms. The topological polar surface area (TPSA) is 101 Å². The van der Waals surface area contributed by atoms with Crippen molar-refractivity contribution in [3.05, 3.63) is 68.5 Å². The number of hydrogen-bond donors (Lipinski definition) is 0. The van der Waals surface area contributed by atoms with Crippen LogP contribution < -0.4 is 4.80 Å². The maximum atomic E-state index is 12.5. The molecule has 1 aromatic heterocycles. The smallest absolute Gasteiger partial charge is 0.279 e. The first-order chi connectivity index (χ1) is 12.5. The summed E-state index contributed by atoms with van der Waals surface area (Å²) < 4.78 is 2.60. The number of hydrogen-bond acceptors (Lipinski definition) is 5. The lowest BCUT2D eigenvalue weighted by Crippen LogP contribution is -2.16. The van der Waals surface area contributed by atoms with E-state index in [1.54, 1.807) is 30.3 Å². The Morgan fingerprint density at radius 1 is 1.31 bits per heavy atom. The van der Waals surface area contributed by atoms with Gasteiger partial charge < -0.3 is 4.57 Å². The van der Waals surface area contributed by atoms with Gasteiger partial charge in [0.25, 0.3) is 11.6 Å². The number of non-ortho nitro benzene ring substituents is 1. The summed E-state index contributed by atoms with van der Waals surface area (Å²) in [7, 11) is 0. The third-order valence-corrected chi connectivity index (χ3v) is 4.82. The lowest BCUT2D eigenvalue weighted by atomic mass is 10.1. The maximum Gasteiger partial charge on any atom is 0.279 e. The number of amides is 1. The first kappa shape index (κ1) is 17.5. The van der Waals surface area contributed by atoms with E-state index in [0.29, 0.717) is 27.2 Å². The molecule has 1 amide bonds. The molecule has 1 heterocycles. The van der Waals surface area contributed by atoms with Crippen molar-refractivity contribution < 1.29 is 9.72 Å². The van der Waals surface area contributed by atoms with E-state index in [0.717, 1.165) is 11.9 Å². The average Bonchev–Trinajstić information content (AvgIpc) is 2.98.